The molecule has 150 valence electrons. The molecular weight excluding hydrogens is 362 g/mol. The van der Waals surface area contributed by atoms with Crippen molar-refractivity contribution in [2.75, 3.05) is 31.5 Å². The van der Waals surface area contributed by atoms with E-state index in [1.54, 1.807) is 6.20 Å². The fourth-order valence-corrected chi connectivity index (χ4v) is 3.82. The number of H-pyrrole nitrogens is 1. The van der Waals surface area contributed by atoms with Gasteiger partial charge in [-0.25, -0.2) is 9.97 Å². The van der Waals surface area contributed by atoms with Gasteiger partial charge in [-0.2, -0.15) is 0 Å². The van der Waals surface area contributed by atoms with Crippen molar-refractivity contribution in [1.29, 1.82) is 0 Å². The Morgan fingerprint density at radius 1 is 1.21 bits per heavy atom. The highest BCUT2D eigenvalue weighted by molar-refractivity contribution is 5.55. The normalized spacial score (nSPS) is 16.8. The fraction of sp³-hybridized carbons (Fsp3) is 0.348. The Morgan fingerprint density at radius 2 is 2.07 bits per heavy atom. The standard InChI is InChI=1S/C23H27N5O/c1-17-13-22(29)27-23(26-17)20-7-8-21(25-15-20)24-14-19-10-12-28(16-19)11-9-18-5-3-2-4-6-18/h2-8,13,15,19H,9-12,14,16H2,1H3,(H,24,25)(H,26,27,29). The van der Waals surface area contributed by atoms with E-state index in [2.05, 4.69) is 55.5 Å². The van der Waals surface area contributed by atoms with Crippen LogP contribution in [0.3, 0.4) is 0 Å². The van der Waals surface area contributed by atoms with Crippen LogP contribution in [0.1, 0.15) is 17.7 Å². The maximum Gasteiger partial charge on any atom is 0.251 e. The Kier molecular flexibility index (Phi) is 6.00. The van der Waals surface area contributed by atoms with Crippen LogP contribution in [0.15, 0.2) is 59.5 Å². The molecule has 1 aliphatic rings. The Labute approximate surface area is 171 Å². The first kappa shape index (κ1) is 19.3. The minimum absolute atomic E-state index is 0.146. The smallest absolute Gasteiger partial charge is 0.251 e. The van der Waals surface area contributed by atoms with E-state index in [9.17, 15) is 4.79 Å². The number of aromatic amines is 1. The van der Waals surface area contributed by atoms with Gasteiger partial charge in [0.15, 0.2) is 0 Å². The first-order valence-corrected chi connectivity index (χ1v) is 10.2. The van der Waals surface area contributed by atoms with Crippen molar-refractivity contribution in [2.45, 2.75) is 19.8 Å². The number of hydrogen-bond donors (Lipinski definition) is 2. The number of anilines is 1. The highest BCUT2D eigenvalue weighted by Gasteiger charge is 2.21. The van der Waals surface area contributed by atoms with Gasteiger partial charge in [0, 0.05) is 43.2 Å². The van der Waals surface area contributed by atoms with E-state index in [0.717, 1.165) is 44.0 Å². The molecule has 0 spiro atoms. The summed E-state index contributed by atoms with van der Waals surface area (Å²) in [5.74, 6) is 2.05. The van der Waals surface area contributed by atoms with Crippen LogP contribution in [-0.2, 0) is 6.42 Å². The first-order valence-electron chi connectivity index (χ1n) is 10.2. The topological polar surface area (TPSA) is 73.9 Å². The Morgan fingerprint density at radius 3 is 2.83 bits per heavy atom. The number of nitrogens with one attached hydrogen (secondary N) is 2. The second-order valence-electron chi connectivity index (χ2n) is 7.74. The Bertz CT molecular complexity index is 984. The molecule has 2 aromatic heterocycles. The van der Waals surface area contributed by atoms with Crippen molar-refractivity contribution in [1.82, 2.24) is 19.9 Å². The lowest BCUT2D eigenvalue weighted by Crippen LogP contribution is -2.25. The number of pyridine rings is 1. The summed E-state index contributed by atoms with van der Waals surface area (Å²) in [7, 11) is 0. The van der Waals surface area contributed by atoms with Gasteiger partial charge in [0.2, 0.25) is 0 Å². The van der Waals surface area contributed by atoms with Gasteiger partial charge < -0.3 is 15.2 Å². The SMILES string of the molecule is Cc1cc(=O)[nH]c(-c2ccc(NCC3CCN(CCc4ccccc4)C3)nc2)n1. The van der Waals surface area contributed by atoms with Gasteiger partial charge in [-0.1, -0.05) is 30.3 Å². The van der Waals surface area contributed by atoms with Gasteiger partial charge in [0.25, 0.3) is 5.56 Å². The lowest BCUT2D eigenvalue weighted by molar-refractivity contribution is 0.330. The minimum atomic E-state index is -0.146. The number of aromatic nitrogens is 3. The summed E-state index contributed by atoms with van der Waals surface area (Å²) in [5.41, 5.74) is 2.77. The summed E-state index contributed by atoms with van der Waals surface area (Å²) in [4.78, 5) is 25.8. The second-order valence-corrected chi connectivity index (χ2v) is 7.74. The van der Waals surface area contributed by atoms with Gasteiger partial charge in [-0.05, 0) is 49.9 Å². The van der Waals surface area contributed by atoms with Gasteiger partial charge in [0.1, 0.15) is 11.6 Å². The number of hydrogen-bond acceptors (Lipinski definition) is 5. The molecule has 6 nitrogen and oxygen atoms in total. The third-order valence-electron chi connectivity index (χ3n) is 5.41. The van der Waals surface area contributed by atoms with Crippen LogP contribution < -0.4 is 10.9 Å². The number of aryl methyl sites for hydroxylation is 1. The summed E-state index contributed by atoms with van der Waals surface area (Å²) in [6.07, 6.45) is 4.08. The molecule has 6 heteroatoms. The molecule has 0 radical (unpaired) electrons. The maximum atomic E-state index is 11.6. The molecule has 1 atom stereocenters. The van der Waals surface area contributed by atoms with Crippen LogP contribution in [0.5, 0.6) is 0 Å². The molecular formula is C23H27N5O. The molecule has 1 fully saturated rings. The summed E-state index contributed by atoms with van der Waals surface area (Å²) >= 11 is 0. The molecule has 0 saturated carbocycles. The Hall–Kier alpha value is -2.99. The van der Waals surface area contributed by atoms with Crippen molar-refractivity contribution < 1.29 is 0 Å². The van der Waals surface area contributed by atoms with Crippen LogP contribution in [0.25, 0.3) is 11.4 Å². The average molecular weight is 390 g/mol. The van der Waals surface area contributed by atoms with Crippen molar-refractivity contribution >= 4 is 5.82 Å². The van der Waals surface area contributed by atoms with Gasteiger partial charge >= 0.3 is 0 Å². The lowest BCUT2D eigenvalue weighted by atomic mass is 10.1. The van der Waals surface area contributed by atoms with Crippen molar-refractivity contribution in [3.8, 4) is 11.4 Å². The van der Waals surface area contributed by atoms with Crippen molar-refractivity contribution in [3.63, 3.8) is 0 Å². The highest BCUT2D eigenvalue weighted by atomic mass is 16.1. The molecule has 1 aromatic carbocycles. The third-order valence-corrected chi connectivity index (χ3v) is 5.41. The summed E-state index contributed by atoms with van der Waals surface area (Å²) < 4.78 is 0. The number of nitrogens with zero attached hydrogens (tertiary/aromatic N) is 3. The van der Waals surface area contributed by atoms with E-state index in [-0.39, 0.29) is 5.56 Å². The summed E-state index contributed by atoms with van der Waals surface area (Å²) in [5, 5.41) is 3.45. The van der Waals surface area contributed by atoms with Crippen LogP contribution >= 0.6 is 0 Å². The van der Waals surface area contributed by atoms with Crippen molar-refractivity contribution in [2.24, 2.45) is 5.92 Å². The lowest BCUT2D eigenvalue weighted by Gasteiger charge is -2.16. The van der Waals surface area contributed by atoms with E-state index < -0.39 is 0 Å². The predicted octanol–water partition coefficient (Wildman–Crippen LogP) is 3.12. The zero-order chi connectivity index (χ0) is 20.1. The highest BCUT2D eigenvalue weighted by Crippen LogP contribution is 2.19. The summed E-state index contributed by atoms with van der Waals surface area (Å²) in [6.45, 7) is 6.15. The Balaban J connectivity index is 1.26. The third kappa shape index (κ3) is 5.29. The molecule has 3 heterocycles. The van der Waals surface area contributed by atoms with Gasteiger partial charge in [-0.15, -0.1) is 0 Å². The van der Waals surface area contributed by atoms with Crippen LogP contribution in [0.2, 0.25) is 0 Å². The van der Waals surface area contributed by atoms with E-state index in [1.807, 2.05) is 19.1 Å². The summed E-state index contributed by atoms with van der Waals surface area (Å²) in [6, 6.07) is 16.1. The zero-order valence-electron chi connectivity index (χ0n) is 16.8. The molecule has 0 amide bonds. The molecule has 1 unspecified atom stereocenters. The fourth-order valence-electron chi connectivity index (χ4n) is 3.82. The molecule has 3 aromatic rings. The molecule has 1 saturated heterocycles. The van der Waals surface area contributed by atoms with Gasteiger partial charge in [0.05, 0.1) is 0 Å². The molecule has 1 aliphatic heterocycles. The molecule has 0 aliphatic carbocycles. The number of rotatable bonds is 7. The average Bonchev–Trinajstić information content (AvgIpc) is 3.19. The minimum Gasteiger partial charge on any atom is -0.370 e. The second kappa shape index (κ2) is 9.01. The quantitative estimate of drug-likeness (QED) is 0.649. The maximum absolute atomic E-state index is 11.6. The molecule has 4 rings (SSSR count). The van der Waals surface area contributed by atoms with E-state index in [0.29, 0.717) is 17.4 Å². The number of likely N-dealkylation sites (tertiary alicyclic amines) is 1. The molecule has 29 heavy (non-hydrogen) atoms. The van der Waals surface area contributed by atoms with Crippen LogP contribution in [0, 0.1) is 12.8 Å². The largest absolute Gasteiger partial charge is 0.370 e. The van der Waals surface area contributed by atoms with E-state index in [1.165, 1.54) is 18.1 Å². The van der Waals surface area contributed by atoms with E-state index in [4.69, 9.17) is 0 Å². The van der Waals surface area contributed by atoms with Crippen molar-refractivity contribution in [3.05, 3.63) is 76.3 Å². The molecule has 0 bridgehead atoms. The van der Waals surface area contributed by atoms with Crippen LogP contribution in [0.4, 0.5) is 5.82 Å². The monoisotopic (exact) mass is 389 g/mol. The molecule has 2 N–H and O–H groups in total. The number of benzene rings is 1. The van der Waals surface area contributed by atoms with E-state index >= 15 is 0 Å². The van der Waals surface area contributed by atoms with Crippen LogP contribution in [-0.4, -0.2) is 46.0 Å². The van der Waals surface area contributed by atoms with Gasteiger partial charge in [-0.3, -0.25) is 4.79 Å². The predicted molar refractivity (Wildman–Crippen MR) is 116 cm³/mol. The zero-order valence-corrected chi connectivity index (χ0v) is 16.8. The first-order chi connectivity index (χ1) is 14.2.